The molecule has 21 heavy (non-hydrogen) atoms. The zero-order valence-electron chi connectivity index (χ0n) is 13.5. The van der Waals surface area contributed by atoms with Gasteiger partial charge >= 0.3 is 0 Å². The maximum atomic E-state index is 5.48. The minimum atomic E-state index is 0.380. The molecule has 4 heteroatoms. The second-order valence-electron chi connectivity index (χ2n) is 4.96. The molecular weight excluding hydrogens is 280 g/mol. The van der Waals surface area contributed by atoms with Crippen molar-refractivity contribution in [3.8, 4) is 17.6 Å². The lowest BCUT2D eigenvalue weighted by molar-refractivity contribution is 0.247. The van der Waals surface area contributed by atoms with E-state index >= 15 is 0 Å². The third kappa shape index (κ3) is 5.62. The SMILES string of the molecule is CCC(CSC)N(C)Cc1cc(OC)ccc1C#CCN. The summed E-state index contributed by atoms with van der Waals surface area (Å²) in [6, 6.07) is 6.60. The van der Waals surface area contributed by atoms with E-state index in [0.717, 1.165) is 30.0 Å². The first-order valence-corrected chi connectivity index (χ1v) is 8.60. The first-order valence-electron chi connectivity index (χ1n) is 7.21. The fourth-order valence-electron chi connectivity index (χ4n) is 2.24. The van der Waals surface area contributed by atoms with Gasteiger partial charge in [-0.25, -0.2) is 0 Å². The van der Waals surface area contributed by atoms with Gasteiger partial charge in [-0.2, -0.15) is 11.8 Å². The van der Waals surface area contributed by atoms with Gasteiger partial charge in [0.2, 0.25) is 0 Å². The standard InChI is InChI=1S/C17H26N2OS/c1-5-16(13-21-4)19(2)12-15-11-17(20-3)9-8-14(15)7-6-10-18/h8-9,11,16H,5,10,12-13,18H2,1-4H3. The lowest BCUT2D eigenvalue weighted by Crippen LogP contribution is -2.32. The number of hydrogen-bond donors (Lipinski definition) is 1. The summed E-state index contributed by atoms with van der Waals surface area (Å²) in [4.78, 5) is 2.39. The Morgan fingerprint density at radius 2 is 2.19 bits per heavy atom. The summed E-state index contributed by atoms with van der Waals surface area (Å²) in [5.74, 6) is 8.10. The van der Waals surface area contributed by atoms with Crippen molar-refractivity contribution in [1.29, 1.82) is 0 Å². The summed E-state index contributed by atoms with van der Waals surface area (Å²) in [7, 11) is 3.86. The third-order valence-electron chi connectivity index (χ3n) is 3.51. The molecule has 1 aromatic rings. The van der Waals surface area contributed by atoms with E-state index in [9.17, 15) is 0 Å². The van der Waals surface area contributed by atoms with Crippen molar-refractivity contribution >= 4 is 11.8 Å². The second kappa shape index (κ2) is 9.73. The first-order chi connectivity index (χ1) is 10.2. The number of nitrogens with two attached hydrogens (primary N) is 1. The van der Waals surface area contributed by atoms with Crippen LogP contribution in [-0.2, 0) is 6.54 Å². The topological polar surface area (TPSA) is 38.5 Å². The van der Waals surface area contributed by atoms with Crippen molar-refractivity contribution in [2.45, 2.75) is 25.9 Å². The van der Waals surface area contributed by atoms with Gasteiger partial charge in [-0.05, 0) is 43.5 Å². The van der Waals surface area contributed by atoms with Gasteiger partial charge in [0.15, 0.2) is 0 Å². The summed E-state index contributed by atoms with van der Waals surface area (Å²) >= 11 is 1.89. The maximum Gasteiger partial charge on any atom is 0.119 e. The fourth-order valence-corrected chi connectivity index (χ4v) is 3.12. The van der Waals surface area contributed by atoms with Crippen molar-refractivity contribution in [3.63, 3.8) is 0 Å². The molecule has 2 N–H and O–H groups in total. The highest BCUT2D eigenvalue weighted by molar-refractivity contribution is 7.98. The molecule has 0 radical (unpaired) electrons. The van der Waals surface area contributed by atoms with Crippen LogP contribution in [0.5, 0.6) is 5.75 Å². The van der Waals surface area contributed by atoms with Crippen LogP contribution in [0.25, 0.3) is 0 Å². The van der Waals surface area contributed by atoms with Crippen LogP contribution in [0.4, 0.5) is 0 Å². The zero-order chi connectivity index (χ0) is 15.7. The monoisotopic (exact) mass is 306 g/mol. The van der Waals surface area contributed by atoms with E-state index in [1.54, 1.807) is 7.11 Å². The molecule has 1 aromatic carbocycles. The van der Waals surface area contributed by atoms with Crippen molar-refractivity contribution in [1.82, 2.24) is 4.90 Å². The van der Waals surface area contributed by atoms with E-state index in [1.165, 1.54) is 5.56 Å². The lowest BCUT2D eigenvalue weighted by Gasteiger charge is -2.27. The molecule has 0 spiro atoms. The Morgan fingerprint density at radius 1 is 1.43 bits per heavy atom. The van der Waals surface area contributed by atoms with Crippen LogP contribution in [0.1, 0.15) is 24.5 Å². The molecule has 0 saturated heterocycles. The molecule has 1 unspecified atom stereocenters. The number of ether oxygens (including phenoxy) is 1. The Bertz CT molecular complexity index is 493. The van der Waals surface area contributed by atoms with Crippen molar-refractivity contribution in [3.05, 3.63) is 29.3 Å². The van der Waals surface area contributed by atoms with Crippen LogP contribution in [0.2, 0.25) is 0 Å². The minimum Gasteiger partial charge on any atom is -0.497 e. The fraction of sp³-hybridized carbons (Fsp3) is 0.529. The van der Waals surface area contributed by atoms with Gasteiger partial charge < -0.3 is 10.5 Å². The van der Waals surface area contributed by atoms with Gasteiger partial charge in [0.25, 0.3) is 0 Å². The third-order valence-corrected chi connectivity index (χ3v) is 4.23. The van der Waals surface area contributed by atoms with Crippen molar-refractivity contribution in [2.75, 3.05) is 32.7 Å². The molecule has 0 aliphatic carbocycles. The average Bonchev–Trinajstić information content (AvgIpc) is 2.51. The lowest BCUT2D eigenvalue weighted by atomic mass is 10.1. The van der Waals surface area contributed by atoms with Gasteiger partial charge in [0.1, 0.15) is 5.75 Å². The largest absolute Gasteiger partial charge is 0.497 e. The number of rotatable bonds is 7. The number of nitrogens with zero attached hydrogens (tertiary/aromatic N) is 1. The minimum absolute atomic E-state index is 0.380. The molecule has 0 fully saturated rings. The molecule has 116 valence electrons. The predicted octanol–water partition coefficient (Wildman–Crippen LogP) is 2.58. The van der Waals surface area contributed by atoms with Gasteiger partial charge in [0.05, 0.1) is 13.7 Å². The molecule has 0 heterocycles. The average molecular weight is 306 g/mol. The summed E-state index contributed by atoms with van der Waals surface area (Å²) in [5.41, 5.74) is 7.71. The van der Waals surface area contributed by atoms with Gasteiger partial charge in [-0.1, -0.05) is 18.8 Å². The van der Waals surface area contributed by atoms with E-state index in [0.29, 0.717) is 12.6 Å². The van der Waals surface area contributed by atoms with E-state index in [1.807, 2.05) is 23.9 Å². The van der Waals surface area contributed by atoms with E-state index < -0.39 is 0 Å². The van der Waals surface area contributed by atoms with Crippen LogP contribution in [0.3, 0.4) is 0 Å². The molecule has 0 amide bonds. The summed E-state index contributed by atoms with van der Waals surface area (Å²) in [6.45, 7) is 3.48. The Kier molecular flexibility index (Phi) is 8.29. The van der Waals surface area contributed by atoms with Crippen LogP contribution in [0, 0.1) is 11.8 Å². The van der Waals surface area contributed by atoms with Crippen LogP contribution in [0.15, 0.2) is 18.2 Å². The highest BCUT2D eigenvalue weighted by atomic mass is 32.2. The highest BCUT2D eigenvalue weighted by Gasteiger charge is 2.14. The Labute approximate surface area is 133 Å². The zero-order valence-corrected chi connectivity index (χ0v) is 14.3. The number of hydrogen-bond acceptors (Lipinski definition) is 4. The van der Waals surface area contributed by atoms with Crippen molar-refractivity contribution < 1.29 is 4.74 Å². The molecule has 0 aromatic heterocycles. The van der Waals surface area contributed by atoms with Crippen LogP contribution < -0.4 is 10.5 Å². The van der Waals surface area contributed by atoms with Gasteiger partial charge in [0, 0.05) is 23.9 Å². The van der Waals surface area contributed by atoms with Gasteiger partial charge in [-0.3, -0.25) is 4.90 Å². The Morgan fingerprint density at radius 3 is 2.76 bits per heavy atom. The van der Waals surface area contributed by atoms with E-state index in [-0.39, 0.29) is 0 Å². The van der Waals surface area contributed by atoms with E-state index in [4.69, 9.17) is 10.5 Å². The second-order valence-corrected chi connectivity index (χ2v) is 5.87. The molecule has 1 rings (SSSR count). The quantitative estimate of drug-likeness (QED) is 0.786. The van der Waals surface area contributed by atoms with Crippen molar-refractivity contribution in [2.24, 2.45) is 5.73 Å². The Hall–Kier alpha value is -1.15. The molecule has 0 aliphatic heterocycles. The van der Waals surface area contributed by atoms with Crippen LogP contribution in [-0.4, -0.2) is 43.7 Å². The molecule has 1 atom stereocenters. The maximum absolute atomic E-state index is 5.48. The summed E-state index contributed by atoms with van der Waals surface area (Å²) in [6.07, 6.45) is 3.30. The normalized spacial score (nSPS) is 11.9. The number of thioether (sulfide) groups is 1. The van der Waals surface area contributed by atoms with Crippen LogP contribution >= 0.6 is 11.8 Å². The molecular formula is C17H26N2OS. The van der Waals surface area contributed by atoms with Gasteiger partial charge in [-0.15, -0.1) is 0 Å². The summed E-state index contributed by atoms with van der Waals surface area (Å²) < 4.78 is 5.33. The summed E-state index contributed by atoms with van der Waals surface area (Å²) in [5, 5.41) is 0. The molecule has 0 saturated carbocycles. The van der Waals surface area contributed by atoms with E-state index in [2.05, 4.69) is 43.0 Å². The molecule has 0 aliphatic rings. The number of benzene rings is 1. The smallest absolute Gasteiger partial charge is 0.119 e. The Balaban J connectivity index is 2.97. The molecule has 0 bridgehead atoms. The predicted molar refractivity (Wildman–Crippen MR) is 92.9 cm³/mol. The first kappa shape index (κ1) is 17.9. The number of methoxy groups -OCH3 is 1. The highest BCUT2D eigenvalue weighted by Crippen LogP contribution is 2.20. The molecule has 3 nitrogen and oxygen atoms in total.